The molecule has 0 N–H and O–H groups in total. The van der Waals surface area contributed by atoms with E-state index in [0.717, 1.165) is 38.9 Å². The Bertz CT molecular complexity index is 431. The lowest BCUT2D eigenvalue weighted by atomic mass is 10.3. The quantitative estimate of drug-likeness (QED) is 0.828. The van der Waals surface area contributed by atoms with Crippen molar-refractivity contribution in [3.8, 4) is 5.75 Å². The second kappa shape index (κ2) is 6.95. The third kappa shape index (κ3) is 5.05. The Kier molecular flexibility index (Phi) is 5.24. The predicted octanol–water partition coefficient (Wildman–Crippen LogP) is 1.75. The van der Waals surface area contributed by atoms with Crippen molar-refractivity contribution in [3.63, 3.8) is 0 Å². The molecule has 1 fully saturated rings. The first-order valence-electron chi connectivity index (χ1n) is 6.66. The van der Waals surface area contributed by atoms with Crippen molar-refractivity contribution in [2.75, 3.05) is 51.3 Å². The average Bonchev–Trinajstić information content (AvgIpc) is 2.45. The van der Waals surface area contributed by atoms with E-state index in [2.05, 4.69) is 14.6 Å². The van der Waals surface area contributed by atoms with Crippen LogP contribution in [0, 0.1) is 0 Å². The summed E-state index contributed by atoms with van der Waals surface area (Å²) in [6.07, 6.45) is -3.59. The van der Waals surface area contributed by atoms with E-state index in [1.54, 1.807) is 13.2 Å². The van der Waals surface area contributed by atoms with Crippen molar-refractivity contribution >= 4 is 5.82 Å². The fraction of sp³-hybridized carbons (Fsp3) is 0.615. The summed E-state index contributed by atoms with van der Waals surface area (Å²) in [5, 5.41) is 0. The maximum Gasteiger partial charge on any atom is 0.573 e. The number of aromatic nitrogens is 1. The van der Waals surface area contributed by atoms with Gasteiger partial charge in [-0.25, -0.2) is 4.98 Å². The molecule has 1 aliphatic heterocycles. The van der Waals surface area contributed by atoms with Crippen LogP contribution >= 0.6 is 0 Å². The van der Waals surface area contributed by atoms with Gasteiger partial charge in [0, 0.05) is 39.8 Å². The number of rotatable bonds is 5. The zero-order valence-electron chi connectivity index (χ0n) is 11.8. The number of piperazine rings is 1. The van der Waals surface area contributed by atoms with Gasteiger partial charge in [0.1, 0.15) is 11.6 Å². The highest BCUT2D eigenvalue weighted by atomic mass is 19.4. The first-order valence-corrected chi connectivity index (χ1v) is 6.66. The number of hydrogen-bond acceptors (Lipinski definition) is 5. The van der Waals surface area contributed by atoms with E-state index in [9.17, 15) is 13.2 Å². The van der Waals surface area contributed by atoms with Crippen LogP contribution < -0.4 is 9.64 Å². The molecule has 0 bridgehead atoms. The molecule has 1 aliphatic rings. The van der Waals surface area contributed by atoms with E-state index in [4.69, 9.17) is 4.74 Å². The number of alkyl halides is 3. The lowest BCUT2D eigenvalue weighted by Gasteiger charge is -2.35. The maximum absolute atomic E-state index is 12.1. The summed E-state index contributed by atoms with van der Waals surface area (Å²) in [5.74, 6) is 0.362. The topological polar surface area (TPSA) is 37.8 Å². The van der Waals surface area contributed by atoms with Gasteiger partial charge in [-0.3, -0.25) is 4.90 Å². The molecule has 0 amide bonds. The van der Waals surface area contributed by atoms with Crippen LogP contribution in [0.15, 0.2) is 18.3 Å². The lowest BCUT2D eigenvalue weighted by molar-refractivity contribution is -0.274. The number of nitrogens with zero attached hydrogens (tertiary/aromatic N) is 3. The van der Waals surface area contributed by atoms with E-state index in [-0.39, 0.29) is 5.75 Å². The van der Waals surface area contributed by atoms with Gasteiger partial charge in [-0.05, 0) is 12.1 Å². The maximum atomic E-state index is 12.1. The molecule has 2 heterocycles. The third-order valence-electron chi connectivity index (χ3n) is 3.26. The molecule has 0 spiro atoms. The van der Waals surface area contributed by atoms with Gasteiger partial charge in [0.25, 0.3) is 0 Å². The first kappa shape index (κ1) is 15.8. The first-order chi connectivity index (χ1) is 9.98. The smallest absolute Gasteiger partial charge is 0.404 e. The highest BCUT2D eigenvalue weighted by Gasteiger charge is 2.31. The number of ether oxygens (including phenoxy) is 2. The summed E-state index contributed by atoms with van der Waals surface area (Å²) in [6, 6.07) is 2.83. The SMILES string of the molecule is COCCN1CCN(c2ccc(OC(F)(F)F)cn2)CC1. The predicted molar refractivity (Wildman–Crippen MR) is 71.4 cm³/mol. The van der Waals surface area contributed by atoms with Gasteiger partial charge in [0.05, 0.1) is 12.8 Å². The van der Waals surface area contributed by atoms with Crippen LogP contribution in [-0.4, -0.2) is 62.7 Å². The number of halogens is 3. The molecule has 8 heteroatoms. The molecule has 1 aromatic rings. The van der Waals surface area contributed by atoms with Gasteiger partial charge >= 0.3 is 6.36 Å². The van der Waals surface area contributed by atoms with Crippen LogP contribution in [0.4, 0.5) is 19.0 Å². The summed E-state index contributed by atoms with van der Waals surface area (Å²) in [7, 11) is 1.67. The van der Waals surface area contributed by atoms with E-state index >= 15 is 0 Å². The zero-order valence-corrected chi connectivity index (χ0v) is 11.8. The molecule has 2 rings (SSSR count). The van der Waals surface area contributed by atoms with Crippen LogP contribution in [0.25, 0.3) is 0 Å². The number of hydrogen-bond donors (Lipinski definition) is 0. The Morgan fingerprint density at radius 1 is 1.19 bits per heavy atom. The van der Waals surface area contributed by atoms with E-state index < -0.39 is 6.36 Å². The van der Waals surface area contributed by atoms with Crippen molar-refractivity contribution in [2.24, 2.45) is 0 Å². The number of methoxy groups -OCH3 is 1. The van der Waals surface area contributed by atoms with Crippen molar-refractivity contribution in [1.29, 1.82) is 0 Å². The molecule has 0 atom stereocenters. The van der Waals surface area contributed by atoms with Crippen molar-refractivity contribution in [2.45, 2.75) is 6.36 Å². The van der Waals surface area contributed by atoms with E-state index in [0.29, 0.717) is 12.4 Å². The van der Waals surface area contributed by atoms with Crippen molar-refractivity contribution in [1.82, 2.24) is 9.88 Å². The Morgan fingerprint density at radius 2 is 1.90 bits per heavy atom. The second-order valence-corrected chi connectivity index (χ2v) is 4.72. The summed E-state index contributed by atoms with van der Waals surface area (Å²) >= 11 is 0. The summed E-state index contributed by atoms with van der Waals surface area (Å²) in [5.41, 5.74) is 0. The van der Waals surface area contributed by atoms with Gasteiger partial charge in [-0.1, -0.05) is 0 Å². The zero-order chi connectivity index (χ0) is 15.3. The fourth-order valence-electron chi connectivity index (χ4n) is 2.17. The number of anilines is 1. The molecule has 0 saturated carbocycles. The third-order valence-corrected chi connectivity index (χ3v) is 3.26. The Labute approximate surface area is 121 Å². The minimum Gasteiger partial charge on any atom is -0.404 e. The van der Waals surface area contributed by atoms with Crippen LogP contribution in [0.1, 0.15) is 0 Å². The molecule has 0 aliphatic carbocycles. The summed E-state index contributed by atoms with van der Waals surface area (Å²) in [4.78, 5) is 8.35. The van der Waals surface area contributed by atoms with Crippen LogP contribution in [0.5, 0.6) is 5.75 Å². The van der Waals surface area contributed by atoms with Crippen molar-refractivity contribution < 1.29 is 22.6 Å². The van der Waals surface area contributed by atoms with E-state index in [1.807, 2.05) is 4.90 Å². The van der Waals surface area contributed by atoms with Gasteiger partial charge in [0.2, 0.25) is 0 Å². The standard InChI is InChI=1S/C13H18F3N3O2/c1-20-9-8-18-4-6-19(7-5-18)12-3-2-11(10-17-12)21-13(14,15)16/h2-3,10H,4-9H2,1H3. The summed E-state index contributed by atoms with van der Waals surface area (Å²) in [6.45, 7) is 4.92. The monoisotopic (exact) mass is 305 g/mol. The largest absolute Gasteiger partial charge is 0.573 e. The Morgan fingerprint density at radius 3 is 2.43 bits per heavy atom. The normalized spacial score (nSPS) is 17.0. The van der Waals surface area contributed by atoms with Crippen LogP contribution in [0.3, 0.4) is 0 Å². The highest BCUT2D eigenvalue weighted by Crippen LogP contribution is 2.23. The van der Waals surface area contributed by atoms with Gasteiger partial charge < -0.3 is 14.4 Å². The molecule has 0 unspecified atom stereocenters. The minimum atomic E-state index is -4.68. The molecule has 0 radical (unpaired) electrons. The Balaban J connectivity index is 1.86. The highest BCUT2D eigenvalue weighted by molar-refractivity contribution is 5.41. The molecule has 5 nitrogen and oxygen atoms in total. The average molecular weight is 305 g/mol. The molecule has 118 valence electrons. The molecular formula is C13H18F3N3O2. The second-order valence-electron chi connectivity index (χ2n) is 4.72. The van der Waals surface area contributed by atoms with Gasteiger partial charge in [0.15, 0.2) is 0 Å². The lowest BCUT2D eigenvalue weighted by Crippen LogP contribution is -2.47. The molecule has 0 aromatic carbocycles. The van der Waals surface area contributed by atoms with E-state index in [1.165, 1.54) is 6.07 Å². The number of pyridine rings is 1. The van der Waals surface area contributed by atoms with Gasteiger partial charge in [-0.15, -0.1) is 13.2 Å². The molecular weight excluding hydrogens is 287 g/mol. The summed E-state index contributed by atoms with van der Waals surface area (Å²) < 4.78 is 45.0. The fourth-order valence-corrected chi connectivity index (χ4v) is 2.17. The van der Waals surface area contributed by atoms with Crippen molar-refractivity contribution in [3.05, 3.63) is 18.3 Å². The van der Waals surface area contributed by atoms with Gasteiger partial charge in [-0.2, -0.15) is 0 Å². The van der Waals surface area contributed by atoms with Crippen LogP contribution in [-0.2, 0) is 4.74 Å². The van der Waals surface area contributed by atoms with Crippen LogP contribution in [0.2, 0.25) is 0 Å². The molecule has 21 heavy (non-hydrogen) atoms. The Hall–Kier alpha value is -1.54. The minimum absolute atomic E-state index is 0.301. The molecule has 1 aromatic heterocycles. The molecule has 1 saturated heterocycles.